The highest BCUT2D eigenvalue weighted by Gasteiger charge is 2.34. The van der Waals surface area contributed by atoms with Gasteiger partial charge in [0.15, 0.2) is 17.3 Å². The number of benzene rings is 1. The average molecular weight is 499 g/mol. The van der Waals surface area contributed by atoms with E-state index >= 15 is 0 Å². The van der Waals surface area contributed by atoms with E-state index in [0.29, 0.717) is 18.0 Å². The molecule has 1 fully saturated rings. The molecule has 11 heteroatoms. The third kappa shape index (κ3) is 6.24. The van der Waals surface area contributed by atoms with E-state index in [2.05, 4.69) is 26.0 Å². The molecular weight excluding hydrogens is 468 g/mol. The Bertz CT molecular complexity index is 1130. The van der Waals surface area contributed by atoms with Gasteiger partial charge >= 0.3 is 0 Å². The van der Waals surface area contributed by atoms with E-state index in [9.17, 15) is 19.8 Å². The van der Waals surface area contributed by atoms with E-state index in [-0.39, 0.29) is 0 Å². The van der Waals surface area contributed by atoms with Crippen LogP contribution in [0.4, 0.5) is 5.13 Å². The first-order valence-corrected chi connectivity index (χ1v) is 12.4. The third-order valence-corrected chi connectivity index (χ3v) is 6.91. The molecule has 0 saturated heterocycles. The van der Waals surface area contributed by atoms with E-state index in [1.807, 2.05) is 41.9 Å². The maximum absolute atomic E-state index is 12.7. The Morgan fingerprint density at radius 3 is 2.40 bits per heavy atom. The number of aromatic nitrogens is 3. The van der Waals surface area contributed by atoms with Gasteiger partial charge in [0.25, 0.3) is 11.8 Å². The molecule has 0 bridgehead atoms. The minimum Gasteiger partial charge on any atom is -0.380 e. The lowest BCUT2D eigenvalue weighted by Gasteiger charge is -2.23. The van der Waals surface area contributed by atoms with Gasteiger partial charge in [-0.1, -0.05) is 25.0 Å². The van der Waals surface area contributed by atoms with E-state index in [1.54, 1.807) is 24.9 Å². The molecule has 186 valence electrons. The highest BCUT2D eigenvalue weighted by molar-refractivity contribution is 7.13. The van der Waals surface area contributed by atoms with Gasteiger partial charge in [0, 0.05) is 24.8 Å². The van der Waals surface area contributed by atoms with Crippen molar-refractivity contribution in [3.05, 3.63) is 59.4 Å². The molecule has 2 heterocycles. The zero-order valence-corrected chi connectivity index (χ0v) is 20.4. The number of amides is 2. The van der Waals surface area contributed by atoms with Crippen molar-refractivity contribution in [1.29, 1.82) is 0 Å². The summed E-state index contributed by atoms with van der Waals surface area (Å²) in [5.41, 5.74) is 2.36. The van der Waals surface area contributed by atoms with Crippen molar-refractivity contribution >= 4 is 28.3 Å². The van der Waals surface area contributed by atoms with Crippen molar-refractivity contribution in [3.8, 4) is 5.69 Å². The van der Waals surface area contributed by atoms with E-state index in [0.717, 1.165) is 29.2 Å². The average Bonchev–Trinajstić information content (AvgIpc) is 3.32. The summed E-state index contributed by atoms with van der Waals surface area (Å²) < 4.78 is 1.72. The standard InChI is InChI=1S/C24H30N6O4S/c1-14(16-6-8-17(9-7-16)30-11-3-10-26-30)27-22(33)20(31)21(32)23(34)28-18(12-15-4-5-15)19-13-35-24(25-2)29-19/h3,6-11,13-15,18,20-21,31-32H,4-5,12H2,1-2H3,(H,25,29)(H,27,33)(H,28,34)/t14-,18-,20-,21-/m1/s1. The molecule has 0 unspecified atom stereocenters. The fraction of sp³-hybridized carbons (Fsp3) is 0.417. The summed E-state index contributed by atoms with van der Waals surface area (Å²) in [5.74, 6) is -1.15. The molecule has 0 aliphatic heterocycles. The van der Waals surface area contributed by atoms with E-state index < -0.39 is 36.1 Å². The highest BCUT2D eigenvalue weighted by atomic mass is 32.1. The highest BCUT2D eigenvalue weighted by Crippen LogP contribution is 2.38. The lowest BCUT2D eigenvalue weighted by Crippen LogP contribution is -2.50. The van der Waals surface area contributed by atoms with Crippen LogP contribution in [0.5, 0.6) is 0 Å². The van der Waals surface area contributed by atoms with Crippen LogP contribution < -0.4 is 16.0 Å². The zero-order valence-electron chi connectivity index (χ0n) is 19.6. The van der Waals surface area contributed by atoms with Gasteiger partial charge in [-0.15, -0.1) is 11.3 Å². The van der Waals surface area contributed by atoms with Gasteiger partial charge in [0.05, 0.1) is 23.5 Å². The normalized spacial score (nSPS) is 16.7. The minimum atomic E-state index is -1.91. The molecule has 1 saturated carbocycles. The van der Waals surface area contributed by atoms with Crippen molar-refractivity contribution in [3.63, 3.8) is 0 Å². The number of nitrogens with one attached hydrogen (secondary N) is 3. The Morgan fingerprint density at radius 1 is 1.14 bits per heavy atom. The van der Waals surface area contributed by atoms with Crippen LogP contribution >= 0.6 is 11.3 Å². The molecule has 4 rings (SSSR count). The number of hydrogen-bond donors (Lipinski definition) is 5. The number of anilines is 1. The fourth-order valence-electron chi connectivity index (χ4n) is 3.76. The molecule has 2 amide bonds. The summed E-state index contributed by atoms with van der Waals surface area (Å²) in [4.78, 5) is 29.7. The fourth-order valence-corrected chi connectivity index (χ4v) is 4.49. The van der Waals surface area contributed by atoms with Gasteiger partial charge in [0.1, 0.15) is 0 Å². The molecular formula is C24H30N6O4S. The molecule has 4 atom stereocenters. The van der Waals surface area contributed by atoms with Crippen molar-refractivity contribution in [2.24, 2.45) is 5.92 Å². The Labute approximate surface area is 207 Å². The predicted molar refractivity (Wildman–Crippen MR) is 132 cm³/mol. The number of rotatable bonds is 11. The first-order valence-electron chi connectivity index (χ1n) is 11.6. The lowest BCUT2D eigenvalue weighted by atomic mass is 10.1. The second kappa shape index (κ2) is 11.0. The zero-order chi connectivity index (χ0) is 24.9. The summed E-state index contributed by atoms with van der Waals surface area (Å²) in [7, 11) is 1.77. The molecule has 5 N–H and O–H groups in total. The number of thiazole rings is 1. The number of aliphatic hydroxyl groups is 2. The summed E-state index contributed by atoms with van der Waals surface area (Å²) in [6.45, 7) is 1.76. The Morgan fingerprint density at radius 2 is 1.83 bits per heavy atom. The number of hydrogen-bond acceptors (Lipinski definition) is 8. The molecule has 35 heavy (non-hydrogen) atoms. The molecule has 1 aromatic carbocycles. The molecule has 1 aliphatic carbocycles. The van der Waals surface area contributed by atoms with Gasteiger partial charge in [-0.2, -0.15) is 5.10 Å². The molecule has 3 aromatic rings. The second-order valence-electron chi connectivity index (χ2n) is 8.73. The van der Waals surface area contributed by atoms with Crippen LogP contribution in [-0.4, -0.2) is 56.0 Å². The second-order valence-corrected chi connectivity index (χ2v) is 9.59. The van der Waals surface area contributed by atoms with Crippen molar-refractivity contribution in [2.45, 2.75) is 50.5 Å². The maximum Gasteiger partial charge on any atom is 0.252 e. The summed E-state index contributed by atoms with van der Waals surface area (Å²) in [5, 5.41) is 35.9. The van der Waals surface area contributed by atoms with Gasteiger partial charge in [0.2, 0.25) is 0 Å². The van der Waals surface area contributed by atoms with Crippen molar-refractivity contribution in [2.75, 3.05) is 12.4 Å². The number of carbonyl (C=O) groups is 2. The number of carbonyl (C=O) groups excluding carboxylic acids is 2. The Hall–Kier alpha value is -3.28. The van der Waals surface area contributed by atoms with Crippen LogP contribution in [0.15, 0.2) is 48.1 Å². The molecule has 10 nitrogen and oxygen atoms in total. The summed E-state index contributed by atoms with van der Waals surface area (Å²) >= 11 is 1.42. The van der Waals surface area contributed by atoms with Gasteiger partial charge in [-0.05, 0) is 43.0 Å². The van der Waals surface area contributed by atoms with Crippen LogP contribution in [0.25, 0.3) is 5.69 Å². The third-order valence-electron chi connectivity index (χ3n) is 6.03. The lowest BCUT2D eigenvalue weighted by molar-refractivity contribution is -0.147. The largest absolute Gasteiger partial charge is 0.380 e. The van der Waals surface area contributed by atoms with Crippen LogP contribution in [0.1, 0.15) is 49.5 Å². The molecule has 1 aliphatic rings. The molecule has 2 aromatic heterocycles. The molecule has 0 spiro atoms. The predicted octanol–water partition coefficient (Wildman–Crippen LogP) is 1.93. The Kier molecular flexibility index (Phi) is 7.79. The number of nitrogens with zero attached hydrogens (tertiary/aromatic N) is 3. The van der Waals surface area contributed by atoms with Gasteiger partial charge in [-0.3, -0.25) is 9.59 Å². The summed E-state index contributed by atoms with van der Waals surface area (Å²) in [6.07, 6.45) is 2.56. The van der Waals surface area contributed by atoms with Crippen LogP contribution in [0.3, 0.4) is 0 Å². The van der Waals surface area contributed by atoms with Gasteiger partial charge in [-0.25, -0.2) is 9.67 Å². The van der Waals surface area contributed by atoms with Gasteiger partial charge < -0.3 is 26.2 Å². The van der Waals surface area contributed by atoms with Crippen molar-refractivity contribution in [1.82, 2.24) is 25.4 Å². The quantitative estimate of drug-likeness (QED) is 0.272. The first-order chi connectivity index (χ1) is 16.9. The van der Waals surface area contributed by atoms with E-state index in [4.69, 9.17) is 0 Å². The maximum atomic E-state index is 12.7. The monoisotopic (exact) mass is 498 g/mol. The smallest absolute Gasteiger partial charge is 0.252 e. The topological polar surface area (TPSA) is 141 Å². The van der Waals surface area contributed by atoms with Crippen LogP contribution in [0, 0.1) is 5.92 Å². The first kappa shape index (κ1) is 24.8. The van der Waals surface area contributed by atoms with E-state index in [1.165, 1.54) is 11.3 Å². The van der Waals surface area contributed by atoms with Crippen molar-refractivity contribution < 1.29 is 19.8 Å². The van der Waals surface area contributed by atoms with Crippen LogP contribution in [-0.2, 0) is 9.59 Å². The Balaban J connectivity index is 1.34. The SMILES string of the molecule is CNc1nc([C@@H](CC2CC2)NC(=O)[C@H](O)[C@@H](O)C(=O)N[C@H](C)c2ccc(-n3cccn3)cc2)cs1. The summed E-state index contributed by atoms with van der Waals surface area (Å²) in [6, 6.07) is 8.38. The number of aliphatic hydroxyl groups excluding tert-OH is 2. The molecule has 0 radical (unpaired) electrons. The van der Waals surface area contributed by atoms with Crippen LogP contribution in [0.2, 0.25) is 0 Å². The minimum absolute atomic E-state index is 0.398.